The summed E-state index contributed by atoms with van der Waals surface area (Å²) in [5.74, 6) is 0.805. The van der Waals surface area contributed by atoms with Crippen LogP contribution in [-0.4, -0.2) is 17.5 Å². The number of carbonyl (C=O) groups is 1. The van der Waals surface area contributed by atoms with E-state index in [2.05, 4.69) is 17.6 Å². The van der Waals surface area contributed by atoms with Gasteiger partial charge >= 0.3 is 0 Å². The number of benzene rings is 2. The zero-order chi connectivity index (χ0) is 17.1. The molecule has 0 saturated carbocycles. The van der Waals surface area contributed by atoms with Crippen molar-refractivity contribution in [2.24, 2.45) is 0 Å². The Balaban J connectivity index is 1.82. The van der Waals surface area contributed by atoms with Crippen LogP contribution in [0.15, 0.2) is 42.6 Å². The fourth-order valence-corrected chi connectivity index (χ4v) is 3.11. The summed E-state index contributed by atoms with van der Waals surface area (Å²) in [4.78, 5) is 11.3. The number of nitrogens with zero attached hydrogens (tertiary/aromatic N) is 1. The molecule has 0 aliphatic heterocycles. The lowest BCUT2D eigenvalue weighted by molar-refractivity contribution is 0.112. The van der Waals surface area contributed by atoms with Gasteiger partial charge in [0.2, 0.25) is 0 Å². The summed E-state index contributed by atoms with van der Waals surface area (Å²) in [5.41, 5.74) is 4.08. The molecule has 3 rings (SSSR count). The lowest BCUT2D eigenvalue weighted by Gasteiger charge is -2.11. The highest BCUT2D eigenvalue weighted by Gasteiger charge is 2.11. The number of rotatable bonds is 6. The first-order chi connectivity index (χ1) is 11.6. The molecule has 0 bridgehead atoms. The van der Waals surface area contributed by atoms with Crippen molar-refractivity contribution >= 4 is 28.8 Å². The zero-order valence-corrected chi connectivity index (χ0v) is 14.6. The van der Waals surface area contributed by atoms with E-state index in [0.29, 0.717) is 13.2 Å². The largest absolute Gasteiger partial charge is 0.492 e. The van der Waals surface area contributed by atoms with Gasteiger partial charge in [-0.2, -0.15) is 0 Å². The minimum absolute atomic E-state index is 0.529. The summed E-state index contributed by atoms with van der Waals surface area (Å²) in [7, 11) is 0. The Morgan fingerprint density at radius 2 is 2.08 bits per heavy atom. The molecule has 0 radical (unpaired) electrons. The summed E-state index contributed by atoms with van der Waals surface area (Å²) in [5, 5.41) is 1.74. The van der Waals surface area contributed by atoms with Gasteiger partial charge in [-0.05, 0) is 42.7 Å². The molecule has 0 N–H and O–H groups in total. The molecule has 0 spiro atoms. The van der Waals surface area contributed by atoms with Crippen LogP contribution in [0.25, 0.3) is 10.9 Å². The topological polar surface area (TPSA) is 31.2 Å². The van der Waals surface area contributed by atoms with E-state index in [1.54, 1.807) is 0 Å². The molecule has 1 heterocycles. The average molecular weight is 342 g/mol. The van der Waals surface area contributed by atoms with Crippen LogP contribution in [0.3, 0.4) is 0 Å². The van der Waals surface area contributed by atoms with Crippen molar-refractivity contribution in [1.29, 1.82) is 0 Å². The van der Waals surface area contributed by atoms with Crippen LogP contribution in [-0.2, 0) is 13.0 Å². The normalized spacial score (nSPS) is 11.0. The molecule has 0 saturated heterocycles. The summed E-state index contributed by atoms with van der Waals surface area (Å²) < 4.78 is 7.96. The quantitative estimate of drug-likeness (QED) is 0.587. The Morgan fingerprint density at radius 1 is 1.25 bits per heavy atom. The predicted octanol–water partition coefficient (Wildman–Crippen LogP) is 5.06. The minimum Gasteiger partial charge on any atom is -0.492 e. The third-order valence-electron chi connectivity index (χ3n) is 4.25. The molecule has 0 fully saturated rings. The second-order valence-electron chi connectivity index (χ2n) is 5.82. The SMILES string of the molecule is CCc1cccc2c(C=O)cn(CCOc3ccc(Cl)c(C)c3)c12. The van der Waals surface area contributed by atoms with Gasteiger partial charge < -0.3 is 9.30 Å². The molecule has 0 aliphatic rings. The van der Waals surface area contributed by atoms with Gasteiger partial charge in [0.25, 0.3) is 0 Å². The zero-order valence-electron chi connectivity index (χ0n) is 13.9. The van der Waals surface area contributed by atoms with Crippen molar-refractivity contribution in [1.82, 2.24) is 4.57 Å². The minimum atomic E-state index is 0.529. The van der Waals surface area contributed by atoms with E-state index in [4.69, 9.17) is 16.3 Å². The molecule has 3 aromatic rings. The third kappa shape index (κ3) is 3.17. The number of aldehydes is 1. The summed E-state index contributed by atoms with van der Waals surface area (Å²) in [6, 6.07) is 11.8. The highest BCUT2D eigenvalue weighted by atomic mass is 35.5. The fraction of sp³-hybridized carbons (Fsp3) is 0.250. The van der Waals surface area contributed by atoms with Crippen molar-refractivity contribution in [3.8, 4) is 5.75 Å². The number of fused-ring (bicyclic) bond motifs is 1. The number of aryl methyl sites for hydroxylation is 2. The molecule has 24 heavy (non-hydrogen) atoms. The highest BCUT2D eigenvalue weighted by Crippen LogP contribution is 2.25. The van der Waals surface area contributed by atoms with E-state index in [1.165, 1.54) is 5.56 Å². The standard InChI is InChI=1S/C20H20ClNO2/c1-3-15-5-4-6-18-16(13-23)12-22(20(15)18)9-10-24-17-7-8-19(21)14(2)11-17/h4-8,11-13H,3,9-10H2,1-2H3. The van der Waals surface area contributed by atoms with Crippen molar-refractivity contribution < 1.29 is 9.53 Å². The smallest absolute Gasteiger partial charge is 0.152 e. The molecule has 124 valence electrons. The van der Waals surface area contributed by atoms with Gasteiger partial charge in [0.05, 0.1) is 12.1 Å². The van der Waals surface area contributed by atoms with E-state index in [1.807, 2.05) is 43.5 Å². The Bertz CT molecular complexity index is 883. The van der Waals surface area contributed by atoms with Crippen molar-refractivity contribution in [3.63, 3.8) is 0 Å². The molecule has 0 atom stereocenters. The Labute approximate surface area is 146 Å². The number of hydrogen-bond donors (Lipinski definition) is 0. The maximum Gasteiger partial charge on any atom is 0.152 e. The highest BCUT2D eigenvalue weighted by molar-refractivity contribution is 6.31. The fourth-order valence-electron chi connectivity index (χ4n) is 2.99. The first kappa shape index (κ1) is 16.6. The molecular weight excluding hydrogens is 322 g/mol. The molecule has 0 amide bonds. The second kappa shape index (κ2) is 7.10. The molecular formula is C20H20ClNO2. The number of para-hydroxylation sites is 1. The van der Waals surface area contributed by atoms with Crippen molar-refractivity contribution in [2.75, 3.05) is 6.61 Å². The first-order valence-electron chi connectivity index (χ1n) is 8.09. The van der Waals surface area contributed by atoms with Gasteiger partial charge in [0, 0.05) is 22.2 Å². The lowest BCUT2D eigenvalue weighted by atomic mass is 10.1. The van der Waals surface area contributed by atoms with Crippen LogP contribution < -0.4 is 4.74 Å². The Kier molecular flexibility index (Phi) is 4.91. The molecule has 0 unspecified atom stereocenters. The summed E-state index contributed by atoms with van der Waals surface area (Å²) in [6.07, 6.45) is 3.76. The first-order valence-corrected chi connectivity index (χ1v) is 8.46. The van der Waals surface area contributed by atoms with E-state index >= 15 is 0 Å². The van der Waals surface area contributed by atoms with Crippen LogP contribution in [0.5, 0.6) is 5.75 Å². The predicted molar refractivity (Wildman–Crippen MR) is 98.4 cm³/mol. The molecule has 3 nitrogen and oxygen atoms in total. The number of aromatic nitrogens is 1. The van der Waals surface area contributed by atoms with Gasteiger partial charge in [-0.25, -0.2) is 0 Å². The lowest BCUT2D eigenvalue weighted by Crippen LogP contribution is -2.08. The van der Waals surface area contributed by atoms with Crippen LogP contribution >= 0.6 is 11.6 Å². The summed E-state index contributed by atoms with van der Waals surface area (Å²) in [6.45, 7) is 5.29. The van der Waals surface area contributed by atoms with Gasteiger partial charge in [0.15, 0.2) is 6.29 Å². The number of ether oxygens (including phenoxy) is 1. The van der Waals surface area contributed by atoms with Crippen molar-refractivity contribution in [3.05, 3.63) is 64.3 Å². The van der Waals surface area contributed by atoms with E-state index < -0.39 is 0 Å². The Hall–Kier alpha value is -2.26. The Morgan fingerprint density at radius 3 is 2.79 bits per heavy atom. The van der Waals surface area contributed by atoms with E-state index in [-0.39, 0.29) is 0 Å². The molecule has 1 aromatic heterocycles. The van der Waals surface area contributed by atoms with Gasteiger partial charge in [-0.3, -0.25) is 4.79 Å². The maximum atomic E-state index is 11.3. The van der Waals surface area contributed by atoms with Crippen LogP contribution in [0.1, 0.15) is 28.4 Å². The second-order valence-corrected chi connectivity index (χ2v) is 6.23. The summed E-state index contributed by atoms with van der Waals surface area (Å²) >= 11 is 6.04. The van der Waals surface area contributed by atoms with Crippen LogP contribution in [0.2, 0.25) is 5.02 Å². The number of carbonyl (C=O) groups excluding carboxylic acids is 1. The third-order valence-corrected chi connectivity index (χ3v) is 4.67. The number of hydrogen-bond acceptors (Lipinski definition) is 2. The van der Waals surface area contributed by atoms with Gasteiger partial charge in [-0.1, -0.05) is 36.7 Å². The van der Waals surface area contributed by atoms with E-state index in [9.17, 15) is 4.79 Å². The maximum absolute atomic E-state index is 11.3. The van der Waals surface area contributed by atoms with Gasteiger partial charge in [-0.15, -0.1) is 0 Å². The van der Waals surface area contributed by atoms with E-state index in [0.717, 1.165) is 45.5 Å². The molecule has 2 aromatic carbocycles. The average Bonchev–Trinajstić information content (AvgIpc) is 2.96. The van der Waals surface area contributed by atoms with Crippen LogP contribution in [0, 0.1) is 6.92 Å². The molecule has 4 heteroatoms. The van der Waals surface area contributed by atoms with Crippen molar-refractivity contribution in [2.45, 2.75) is 26.8 Å². The monoisotopic (exact) mass is 341 g/mol. The van der Waals surface area contributed by atoms with Gasteiger partial charge in [0.1, 0.15) is 12.4 Å². The van der Waals surface area contributed by atoms with Crippen LogP contribution in [0.4, 0.5) is 0 Å². The molecule has 0 aliphatic carbocycles. The number of halogens is 1.